The Morgan fingerprint density at radius 2 is 1.82 bits per heavy atom. The molecule has 1 aliphatic heterocycles. The van der Waals surface area contributed by atoms with Gasteiger partial charge in [-0.25, -0.2) is 4.39 Å². The molecule has 2 unspecified atom stereocenters. The summed E-state index contributed by atoms with van der Waals surface area (Å²) in [4.78, 5) is 25.0. The van der Waals surface area contributed by atoms with E-state index in [0.29, 0.717) is 29.8 Å². The van der Waals surface area contributed by atoms with Crippen molar-refractivity contribution in [1.29, 1.82) is 0 Å². The maximum Gasteiger partial charge on any atom is 0.329 e. The van der Waals surface area contributed by atoms with E-state index in [9.17, 15) is 19.1 Å². The molecule has 6 rings (SSSR count). The summed E-state index contributed by atoms with van der Waals surface area (Å²) >= 11 is 11.5. The van der Waals surface area contributed by atoms with Gasteiger partial charge in [0.15, 0.2) is 6.61 Å². The van der Waals surface area contributed by atoms with Crippen molar-refractivity contribution >= 4 is 35.0 Å². The van der Waals surface area contributed by atoms with Gasteiger partial charge in [-0.05, 0) is 49.6 Å². The second-order valence-electron chi connectivity index (χ2n) is 9.19. The van der Waals surface area contributed by atoms with E-state index in [0.717, 1.165) is 6.07 Å². The van der Waals surface area contributed by atoms with Crippen molar-refractivity contribution in [2.45, 2.75) is 48.7 Å². The first kappa shape index (κ1) is 23.1. The first-order valence-corrected chi connectivity index (χ1v) is 11.3. The number of benzene rings is 2. The smallest absolute Gasteiger partial charge is 0.329 e. The summed E-state index contributed by atoms with van der Waals surface area (Å²) in [6, 6.07) is 8.24. The van der Waals surface area contributed by atoms with E-state index in [1.807, 2.05) is 0 Å². The minimum atomic E-state index is -2.73. The number of aliphatic hydroxyl groups is 1. The van der Waals surface area contributed by atoms with Gasteiger partial charge in [-0.1, -0.05) is 23.2 Å². The van der Waals surface area contributed by atoms with Gasteiger partial charge in [0.05, 0.1) is 17.5 Å². The number of aliphatic hydroxyl groups excluding tert-OH is 1. The molecular weight excluding hydrogens is 493 g/mol. The molecule has 3 aliphatic carbocycles. The zero-order valence-corrected chi connectivity index (χ0v) is 19.2. The fourth-order valence-electron chi connectivity index (χ4n) is 5.02. The normalized spacial score (nSPS) is 30.7. The van der Waals surface area contributed by atoms with Crippen LogP contribution in [0.1, 0.15) is 37.4 Å². The fourth-order valence-corrected chi connectivity index (χ4v) is 5.32. The van der Waals surface area contributed by atoms with E-state index < -0.39 is 47.1 Å². The molecule has 0 saturated heterocycles. The van der Waals surface area contributed by atoms with Gasteiger partial charge in [-0.15, -0.1) is 0 Å². The van der Waals surface area contributed by atoms with Crippen molar-refractivity contribution in [1.82, 2.24) is 10.6 Å². The van der Waals surface area contributed by atoms with Crippen LogP contribution in [0.4, 0.5) is 8.78 Å². The lowest BCUT2D eigenvalue weighted by molar-refractivity contribution is -0.179. The van der Waals surface area contributed by atoms with Crippen LogP contribution in [0.3, 0.4) is 0 Å². The summed E-state index contributed by atoms with van der Waals surface area (Å²) in [5.41, 5.74) is -0.818. The van der Waals surface area contributed by atoms with E-state index in [-0.39, 0.29) is 23.1 Å². The van der Waals surface area contributed by atoms with Crippen molar-refractivity contribution in [3.8, 4) is 11.5 Å². The predicted octanol–water partition coefficient (Wildman–Crippen LogP) is 3.60. The molecule has 2 aromatic carbocycles. The van der Waals surface area contributed by atoms with Crippen LogP contribution in [0.25, 0.3) is 0 Å². The lowest BCUT2D eigenvalue weighted by Gasteiger charge is -2.70. The van der Waals surface area contributed by atoms with Gasteiger partial charge in [-0.3, -0.25) is 9.59 Å². The molecule has 180 valence electrons. The highest BCUT2D eigenvalue weighted by Crippen LogP contribution is 2.60. The fraction of sp³-hybridized carbons (Fsp3) is 0.391. The van der Waals surface area contributed by atoms with E-state index >= 15 is 4.39 Å². The standard InChI is InChI=1S/C23H20Cl2F2N2O5/c24-12-1-4-18-14(5-12)17(30)7-23(27,34-18)20(32)29-22-9-21(10-22,11-22)28-19(31)8-33-13-2-3-15(25)16(26)6-13/h1-6,17,30H,7-11H2,(H,28,31)(H,29,32). The summed E-state index contributed by atoms with van der Waals surface area (Å²) in [6.07, 6.45) is -0.522. The van der Waals surface area contributed by atoms with Crippen molar-refractivity contribution in [3.05, 3.63) is 57.8 Å². The Morgan fingerprint density at radius 3 is 2.53 bits per heavy atom. The van der Waals surface area contributed by atoms with Crippen LogP contribution < -0.4 is 20.1 Å². The molecule has 0 radical (unpaired) electrons. The molecule has 1 heterocycles. The van der Waals surface area contributed by atoms with Gasteiger partial charge in [0.2, 0.25) is 0 Å². The number of carbonyl (C=O) groups is 2. The summed E-state index contributed by atoms with van der Waals surface area (Å²) in [7, 11) is 0. The zero-order chi connectivity index (χ0) is 24.3. The topological polar surface area (TPSA) is 96.9 Å². The van der Waals surface area contributed by atoms with Gasteiger partial charge in [0.1, 0.15) is 17.3 Å². The first-order valence-electron chi connectivity index (χ1n) is 10.6. The van der Waals surface area contributed by atoms with Gasteiger partial charge in [0, 0.05) is 27.7 Å². The van der Waals surface area contributed by atoms with Crippen LogP contribution in [0.15, 0.2) is 36.4 Å². The number of hydrogen-bond donors (Lipinski definition) is 3. The molecule has 2 bridgehead atoms. The number of amides is 2. The molecule has 2 aromatic rings. The van der Waals surface area contributed by atoms with Crippen molar-refractivity contribution in [2.24, 2.45) is 0 Å². The van der Waals surface area contributed by atoms with Crippen molar-refractivity contribution in [3.63, 3.8) is 0 Å². The zero-order valence-electron chi connectivity index (χ0n) is 17.7. The third-order valence-corrected chi connectivity index (χ3v) is 7.01. The number of carbonyl (C=O) groups excluding carboxylic acids is 2. The van der Waals surface area contributed by atoms with E-state index in [2.05, 4.69) is 10.6 Å². The lowest BCUT2D eigenvalue weighted by atomic mass is 9.44. The maximum absolute atomic E-state index is 15.4. The molecule has 3 saturated carbocycles. The Kier molecular flexibility index (Phi) is 5.42. The highest BCUT2D eigenvalue weighted by atomic mass is 35.5. The molecule has 2 atom stereocenters. The average molecular weight is 513 g/mol. The van der Waals surface area contributed by atoms with Gasteiger partial charge in [0.25, 0.3) is 11.8 Å². The minimum absolute atomic E-state index is 0.0465. The molecular formula is C23H20Cl2F2N2O5. The second-order valence-corrected chi connectivity index (χ2v) is 10.0. The first-order chi connectivity index (χ1) is 16.0. The molecule has 11 heteroatoms. The summed E-state index contributed by atoms with van der Waals surface area (Å²) in [6.45, 7) is -0.315. The molecule has 2 amide bonds. The van der Waals surface area contributed by atoms with Gasteiger partial charge in [-0.2, -0.15) is 4.39 Å². The Morgan fingerprint density at radius 1 is 1.12 bits per heavy atom. The summed E-state index contributed by atoms with van der Waals surface area (Å²) in [5.74, 6) is -4.52. The van der Waals surface area contributed by atoms with Crippen molar-refractivity contribution in [2.75, 3.05) is 6.61 Å². The number of rotatable bonds is 6. The van der Waals surface area contributed by atoms with Crippen LogP contribution in [-0.4, -0.2) is 40.5 Å². The number of fused-ring (bicyclic) bond motifs is 1. The third-order valence-electron chi connectivity index (χ3n) is 6.47. The molecule has 0 aromatic heterocycles. The van der Waals surface area contributed by atoms with Crippen molar-refractivity contribution < 1.29 is 33.0 Å². The Labute approximate surface area is 203 Å². The average Bonchev–Trinajstić information content (AvgIpc) is 2.72. The molecule has 3 N–H and O–H groups in total. The highest BCUT2D eigenvalue weighted by Gasteiger charge is 2.70. The Hall–Kier alpha value is -2.62. The summed E-state index contributed by atoms with van der Waals surface area (Å²) in [5, 5.41) is 16.2. The second kappa shape index (κ2) is 7.96. The van der Waals surface area contributed by atoms with E-state index in [1.54, 1.807) is 0 Å². The van der Waals surface area contributed by atoms with Gasteiger partial charge >= 0.3 is 5.85 Å². The molecule has 34 heavy (non-hydrogen) atoms. The highest BCUT2D eigenvalue weighted by molar-refractivity contribution is 6.31. The summed E-state index contributed by atoms with van der Waals surface area (Å²) < 4.78 is 39.4. The Balaban J connectivity index is 1.13. The number of ether oxygens (including phenoxy) is 2. The number of halogens is 4. The lowest BCUT2D eigenvalue weighted by Crippen LogP contribution is -2.84. The van der Waals surface area contributed by atoms with Crippen LogP contribution in [-0.2, 0) is 9.59 Å². The number of nitrogens with one attached hydrogen (secondary N) is 2. The van der Waals surface area contributed by atoms with Gasteiger partial charge < -0.3 is 25.2 Å². The third kappa shape index (κ3) is 4.06. The molecule has 3 fully saturated rings. The monoisotopic (exact) mass is 512 g/mol. The van der Waals surface area contributed by atoms with E-state index in [1.165, 1.54) is 30.3 Å². The van der Waals surface area contributed by atoms with Crippen LogP contribution >= 0.6 is 23.2 Å². The predicted molar refractivity (Wildman–Crippen MR) is 118 cm³/mol. The quantitative estimate of drug-likeness (QED) is 0.549. The van der Waals surface area contributed by atoms with Crippen LogP contribution in [0.2, 0.25) is 10.0 Å². The molecule has 7 nitrogen and oxygen atoms in total. The van der Waals surface area contributed by atoms with Crippen LogP contribution in [0.5, 0.6) is 11.5 Å². The SMILES string of the molecule is O=C(COc1ccc(Cl)c(F)c1)NC12CC(NC(=O)C3(F)CC(O)c4cc(Cl)ccc4O3)(C1)C2. The van der Waals surface area contributed by atoms with Crippen LogP contribution in [0, 0.1) is 5.82 Å². The minimum Gasteiger partial charge on any atom is -0.484 e. The Bertz CT molecular complexity index is 1180. The number of hydrogen-bond acceptors (Lipinski definition) is 5. The maximum atomic E-state index is 15.4. The molecule has 4 aliphatic rings. The number of alkyl halides is 1. The van der Waals surface area contributed by atoms with E-state index in [4.69, 9.17) is 32.7 Å². The molecule has 0 spiro atoms. The largest absolute Gasteiger partial charge is 0.484 e.